The second-order valence-corrected chi connectivity index (χ2v) is 9.32. The zero-order valence-electron chi connectivity index (χ0n) is 15.6. The summed E-state index contributed by atoms with van der Waals surface area (Å²) in [7, 11) is -4.42. The second kappa shape index (κ2) is 9.11. The fourth-order valence-corrected chi connectivity index (χ4v) is 4.93. The van der Waals surface area contributed by atoms with Crippen molar-refractivity contribution in [2.75, 3.05) is 18.4 Å². The predicted octanol–water partition coefficient (Wildman–Crippen LogP) is 3.20. The molecule has 0 bridgehead atoms. The third kappa shape index (κ3) is 5.06. The van der Waals surface area contributed by atoms with E-state index in [1.807, 2.05) is 0 Å². The van der Waals surface area contributed by atoms with Gasteiger partial charge in [0.05, 0.1) is 11.1 Å². The van der Waals surface area contributed by atoms with Crippen molar-refractivity contribution in [3.05, 3.63) is 58.6 Å². The van der Waals surface area contributed by atoms with Crippen molar-refractivity contribution >= 4 is 27.3 Å². The Hall–Kier alpha value is -1.85. The maximum atomic E-state index is 14.4. The summed E-state index contributed by atoms with van der Waals surface area (Å²) in [5.74, 6) is -1.71. The van der Waals surface area contributed by atoms with Gasteiger partial charge in [0.2, 0.25) is 10.0 Å². The lowest BCUT2D eigenvalue weighted by Gasteiger charge is -2.22. The molecule has 0 saturated carbocycles. The summed E-state index contributed by atoms with van der Waals surface area (Å²) in [5, 5.41) is 22.5. The molecule has 1 aliphatic rings. The van der Waals surface area contributed by atoms with Crippen molar-refractivity contribution in [2.45, 2.75) is 36.2 Å². The first-order chi connectivity index (χ1) is 14.1. The molecule has 1 aliphatic heterocycles. The van der Waals surface area contributed by atoms with Gasteiger partial charge in [0.1, 0.15) is 22.7 Å². The van der Waals surface area contributed by atoms with Gasteiger partial charge in [-0.1, -0.05) is 17.7 Å². The van der Waals surface area contributed by atoms with E-state index >= 15 is 0 Å². The van der Waals surface area contributed by atoms with E-state index in [9.17, 15) is 31.8 Å². The number of hydrogen-bond acceptors (Lipinski definition) is 5. The summed E-state index contributed by atoms with van der Waals surface area (Å²) in [5.41, 5.74) is 0.270. The van der Waals surface area contributed by atoms with Gasteiger partial charge >= 0.3 is 0 Å². The molecule has 11 heteroatoms. The van der Waals surface area contributed by atoms with Crippen molar-refractivity contribution in [1.82, 2.24) is 4.31 Å². The summed E-state index contributed by atoms with van der Waals surface area (Å²) in [6, 6.07) is 6.63. The number of aliphatic hydroxyl groups excluding tert-OH is 2. The zero-order chi connectivity index (χ0) is 22.1. The molecule has 0 spiro atoms. The normalized spacial score (nSPS) is 21.8. The molecule has 3 N–H and O–H groups in total. The van der Waals surface area contributed by atoms with E-state index in [0.717, 1.165) is 22.5 Å². The molecule has 1 heterocycles. The number of alkyl halides is 1. The number of anilines is 1. The van der Waals surface area contributed by atoms with E-state index in [2.05, 4.69) is 5.32 Å². The number of halogens is 4. The Morgan fingerprint density at radius 3 is 2.57 bits per heavy atom. The standard InChI is InChI=1S/C19H20ClF3N2O4S/c20-15-9-13(2-4-16(15)22)24-19(27)11-1-3-17(23)18(7-11)30(28,29)25-6-5-14(26)8-12(21)10-25/h1-4,7,9,12,14,19,24,26-27H,5-6,8,10H2. The maximum absolute atomic E-state index is 14.4. The number of benzene rings is 2. The molecule has 3 atom stereocenters. The van der Waals surface area contributed by atoms with Crippen LogP contribution in [-0.2, 0) is 10.0 Å². The summed E-state index contributed by atoms with van der Waals surface area (Å²) in [6.07, 6.45) is -4.20. The quantitative estimate of drug-likeness (QED) is 0.591. The lowest BCUT2D eigenvalue weighted by atomic mass is 10.1. The second-order valence-electron chi connectivity index (χ2n) is 7.00. The minimum absolute atomic E-state index is 0.0158. The van der Waals surface area contributed by atoms with Crippen molar-refractivity contribution in [3.63, 3.8) is 0 Å². The number of nitrogens with one attached hydrogen (secondary N) is 1. The first kappa shape index (κ1) is 22.8. The number of rotatable bonds is 5. The van der Waals surface area contributed by atoms with Gasteiger partial charge < -0.3 is 15.5 Å². The van der Waals surface area contributed by atoms with E-state index in [0.29, 0.717) is 0 Å². The molecule has 0 amide bonds. The zero-order valence-corrected chi connectivity index (χ0v) is 17.2. The SMILES string of the molecule is O=S(=O)(c1cc(C(O)Nc2ccc(F)c(Cl)c2)ccc1F)N1CCC(O)CC(F)C1. The van der Waals surface area contributed by atoms with Crippen molar-refractivity contribution in [1.29, 1.82) is 0 Å². The maximum Gasteiger partial charge on any atom is 0.246 e. The minimum atomic E-state index is -4.42. The average molecular weight is 465 g/mol. The van der Waals surface area contributed by atoms with Crippen LogP contribution in [0.5, 0.6) is 0 Å². The Balaban J connectivity index is 1.87. The monoisotopic (exact) mass is 464 g/mol. The van der Waals surface area contributed by atoms with Crippen LogP contribution in [0, 0.1) is 11.6 Å². The van der Waals surface area contributed by atoms with Crippen LogP contribution in [0.2, 0.25) is 5.02 Å². The first-order valence-corrected chi connectivity index (χ1v) is 10.9. The fourth-order valence-electron chi connectivity index (χ4n) is 3.17. The highest BCUT2D eigenvalue weighted by Gasteiger charge is 2.33. The van der Waals surface area contributed by atoms with Gasteiger partial charge in [-0.3, -0.25) is 0 Å². The molecule has 30 heavy (non-hydrogen) atoms. The first-order valence-electron chi connectivity index (χ1n) is 9.09. The highest BCUT2D eigenvalue weighted by Crippen LogP contribution is 2.28. The van der Waals surface area contributed by atoms with E-state index in [1.54, 1.807) is 0 Å². The predicted molar refractivity (Wildman–Crippen MR) is 105 cm³/mol. The number of nitrogens with zero attached hydrogens (tertiary/aromatic N) is 1. The summed E-state index contributed by atoms with van der Waals surface area (Å²) in [4.78, 5) is -0.721. The molecule has 1 saturated heterocycles. The van der Waals surface area contributed by atoms with E-state index in [4.69, 9.17) is 11.6 Å². The Labute approximate surface area is 176 Å². The molecule has 6 nitrogen and oxygen atoms in total. The van der Waals surface area contributed by atoms with Gasteiger partial charge in [-0.05, 0) is 36.8 Å². The van der Waals surface area contributed by atoms with Gasteiger partial charge in [0.25, 0.3) is 0 Å². The smallest absolute Gasteiger partial charge is 0.246 e. The number of aliphatic hydroxyl groups is 2. The van der Waals surface area contributed by atoms with Crippen LogP contribution in [0.3, 0.4) is 0 Å². The molecular weight excluding hydrogens is 445 g/mol. The van der Waals surface area contributed by atoms with Crippen molar-refractivity contribution < 1.29 is 31.8 Å². The third-order valence-electron chi connectivity index (χ3n) is 4.75. The largest absolute Gasteiger partial charge is 0.393 e. The summed E-state index contributed by atoms with van der Waals surface area (Å²) < 4.78 is 68.2. The fraction of sp³-hybridized carbons (Fsp3) is 0.368. The molecule has 0 aromatic heterocycles. The van der Waals surface area contributed by atoms with Crippen LogP contribution in [0.4, 0.5) is 18.9 Å². The molecule has 2 aromatic carbocycles. The third-order valence-corrected chi connectivity index (χ3v) is 6.92. The van der Waals surface area contributed by atoms with Crippen LogP contribution >= 0.6 is 11.6 Å². The molecule has 164 valence electrons. The summed E-state index contributed by atoms with van der Waals surface area (Å²) >= 11 is 5.69. The highest BCUT2D eigenvalue weighted by molar-refractivity contribution is 7.89. The van der Waals surface area contributed by atoms with Gasteiger partial charge in [-0.25, -0.2) is 21.6 Å². The highest BCUT2D eigenvalue weighted by atomic mass is 35.5. The molecule has 3 rings (SSSR count). The Kier molecular flexibility index (Phi) is 6.93. The Morgan fingerprint density at radius 2 is 1.87 bits per heavy atom. The molecule has 0 aliphatic carbocycles. The van der Waals surface area contributed by atoms with Crippen LogP contribution in [0.15, 0.2) is 41.3 Å². The van der Waals surface area contributed by atoms with Gasteiger partial charge in [-0.15, -0.1) is 0 Å². The van der Waals surface area contributed by atoms with Crippen LogP contribution in [0.25, 0.3) is 0 Å². The number of hydrogen-bond donors (Lipinski definition) is 3. The Morgan fingerprint density at radius 1 is 1.17 bits per heavy atom. The van der Waals surface area contributed by atoms with Crippen molar-refractivity contribution in [2.24, 2.45) is 0 Å². The summed E-state index contributed by atoms with van der Waals surface area (Å²) in [6.45, 7) is -0.666. The van der Waals surface area contributed by atoms with E-state index in [-0.39, 0.29) is 35.7 Å². The molecule has 2 aromatic rings. The van der Waals surface area contributed by atoms with E-state index < -0.39 is 51.6 Å². The van der Waals surface area contributed by atoms with Gasteiger partial charge in [-0.2, -0.15) is 4.31 Å². The van der Waals surface area contributed by atoms with Crippen LogP contribution < -0.4 is 5.32 Å². The lowest BCUT2D eigenvalue weighted by Crippen LogP contribution is -2.35. The topological polar surface area (TPSA) is 89.9 Å². The molecule has 0 radical (unpaired) electrons. The minimum Gasteiger partial charge on any atom is -0.393 e. The Bertz CT molecular complexity index is 1020. The van der Waals surface area contributed by atoms with E-state index in [1.165, 1.54) is 18.2 Å². The molecular formula is C19H20ClF3N2O4S. The van der Waals surface area contributed by atoms with Gasteiger partial charge in [0, 0.05) is 30.8 Å². The van der Waals surface area contributed by atoms with Gasteiger partial charge in [0.15, 0.2) is 6.23 Å². The molecule has 3 unspecified atom stereocenters. The van der Waals surface area contributed by atoms with Crippen LogP contribution in [0.1, 0.15) is 24.6 Å². The number of sulfonamides is 1. The average Bonchev–Trinajstić information content (AvgIpc) is 2.85. The van der Waals surface area contributed by atoms with Crippen LogP contribution in [-0.4, -0.2) is 48.3 Å². The molecule has 1 fully saturated rings. The van der Waals surface area contributed by atoms with Crippen molar-refractivity contribution in [3.8, 4) is 0 Å². The lowest BCUT2D eigenvalue weighted by molar-refractivity contribution is 0.133.